The van der Waals surface area contributed by atoms with Gasteiger partial charge in [-0.05, 0) is 31.5 Å². The lowest BCUT2D eigenvalue weighted by molar-refractivity contribution is -0.130. The number of furan rings is 1. The van der Waals surface area contributed by atoms with Crippen molar-refractivity contribution in [3.8, 4) is 0 Å². The van der Waals surface area contributed by atoms with E-state index in [9.17, 15) is 9.59 Å². The van der Waals surface area contributed by atoms with E-state index >= 15 is 0 Å². The summed E-state index contributed by atoms with van der Waals surface area (Å²) in [6.07, 6.45) is 2.81. The molecule has 4 rings (SSSR count). The first kappa shape index (κ1) is 22.8. The van der Waals surface area contributed by atoms with Gasteiger partial charge in [-0.1, -0.05) is 41.6 Å². The maximum absolute atomic E-state index is 13.2. The van der Waals surface area contributed by atoms with Crippen LogP contribution in [0.25, 0.3) is 0 Å². The Bertz CT molecular complexity index is 1150. The molecule has 0 bridgehead atoms. The van der Waals surface area contributed by atoms with Gasteiger partial charge in [-0.25, -0.2) is 5.01 Å². The number of thioether (sulfide) groups is 1. The zero-order valence-corrected chi connectivity index (χ0v) is 19.4. The predicted molar refractivity (Wildman–Crippen MR) is 125 cm³/mol. The fourth-order valence-corrected chi connectivity index (χ4v) is 4.59. The number of primary amides is 1. The number of hydrogen-bond acceptors (Lipinski definition) is 7. The first-order valence-electron chi connectivity index (χ1n) is 10.8. The quantitative estimate of drug-likeness (QED) is 0.484. The summed E-state index contributed by atoms with van der Waals surface area (Å²) >= 11 is 1.30. The van der Waals surface area contributed by atoms with Crippen LogP contribution < -0.4 is 5.73 Å². The summed E-state index contributed by atoms with van der Waals surface area (Å²) in [5, 5.41) is 15.2. The number of hydrazone groups is 1. The van der Waals surface area contributed by atoms with Crippen molar-refractivity contribution in [2.24, 2.45) is 10.8 Å². The summed E-state index contributed by atoms with van der Waals surface area (Å²) in [6, 6.07) is 11.5. The van der Waals surface area contributed by atoms with Crippen LogP contribution >= 0.6 is 11.8 Å². The van der Waals surface area contributed by atoms with Gasteiger partial charge in [0.1, 0.15) is 17.6 Å². The van der Waals surface area contributed by atoms with E-state index in [1.807, 2.05) is 54.8 Å². The second-order valence-electron chi connectivity index (χ2n) is 7.78. The van der Waals surface area contributed by atoms with Crippen LogP contribution in [0.5, 0.6) is 0 Å². The molecule has 0 saturated carbocycles. The van der Waals surface area contributed by atoms with E-state index in [-0.39, 0.29) is 30.0 Å². The molecule has 172 valence electrons. The van der Waals surface area contributed by atoms with E-state index in [1.165, 1.54) is 22.3 Å². The Morgan fingerprint density at radius 1 is 1.21 bits per heavy atom. The third-order valence-electron chi connectivity index (χ3n) is 5.45. The number of rotatable bonds is 9. The second kappa shape index (κ2) is 10.0. The summed E-state index contributed by atoms with van der Waals surface area (Å²) in [5.74, 6) is 0.999. The third kappa shape index (κ3) is 5.16. The van der Waals surface area contributed by atoms with Crippen molar-refractivity contribution in [3.63, 3.8) is 0 Å². The minimum atomic E-state index is -0.384. The highest BCUT2D eigenvalue weighted by molar-refractivity contribution is 7.99. The Hall–Kier alpha value is -3.40. The molecule has 0 spiro atoms. The molecule has 1 atom stereocenters. The summed E-state index contributed by atoms with van der Waals surface area (Å²) in [7, 11) is 0. The first-order valence-corrected chi connectivity index (χ1v) is 11.8. The molecule has 33 heavy (non-hydrogen) atoms. The Balaban J connectivity index is 1.50. The normalized spacial score (nSPS) is 15.6. The zero-order valence-electron chi connectivity index (χ0n) is 18.6. The third-order valence-corrected chi connectivity index (χ3v) is 6.40. The van der Waals surface area contributed by atoms with Crippen LogP contribution in [0.3, 0.4) is 0 Å². The van der Waals surface area contributed by atoms with Crippen LogP contribution in [-0.4, -0.2) is 43.1 Å². The lowest BCUT2D eigenvalue weighted by Gasteiger charge is -2.19. The predicted octanol–water partition coefficient (Wildman–Crippen LogP) is 3.09. The minimum absolute atomic E-state index is 0.146. The molecule has 0 radical (unpaired) electrons. The smallest absolute Gasteiger partial charge is 0.253 e. The van der Waals surface area contributed by atoms with E-state index < -0.39 is 0 Å². The molecule has 1 aliphatic rings. The number of benzene rings is 1. The van der Waals surface area contributed by atoms with Gasteiger partial charge in [0, 0.05) is 25.8 Å². The zero-order chi connectivity index (χ0) is 23.4. The molecule has 2 aromatic heterocycles. The number of aryl methyl sites for hydroxylation is 2. The molecule has 3 heterocycles. The molecule has 0 fully saturated rings. The highest BCUT2D eigenvalue weighted by Crippen LogP contribution is 2.34. The van der Waals surface area contributed by atoms with Gasteiger partial charge in [-0.15, -0.1) is 10.2 Å². The van der Waals surface area contributed by atoms with Crippen molar-refractivity contribution in [3.05, 3.63) is 65.4 Å². The second-order valence-corrected chi connectivity index (χ2v) is 8.73. The highest BCUT2D eigenvalue weighted by Gasteiger charge is 2.35. The van der Waals surface area contributed by atoms with Gasteiger partial charge in [-0.2, -0.15) is 5.10 Å². The average Bonchev–Trinajstić information content (AvgIpc) is 3.55. The molecule has 0 unspecified atom stereocenters. The lowest BCUT2D eigenvalue weighted by Crippen LogP contribution is -2.28. The van der Waals surface area contributed by atoms with E-state index in [2.05, 4.69) is 15.3 Å². The van der Waals surface area contributed by atoms with Crippen LogP contribution in [-0.2, 0) is 22.6 Å². The highest BCUT2D eigenvalue weighted by atomic mass is 32.2. The van der Waals surface area contributed by atoms with Crippen LogP contribution in [0, 0.1) is 6.92 Å². The van der Waals surface area contributed by atoms with Gasteiger partial charge in [0.05, 0.1) is 17.7 Å². The van der Waals surface area contributed by atoms with Crippen molar-refractivity contribution < 1.29 is 14.0 Å². The van der Waals surface area contributed by atoms with Gasteiger partial charge in [0.15, 0.2) is 5.16 Å². The van der Waals surface area contributed by atoms with Crippen LogP contribution in [0.2, 0.25) is 0 Å². The van der Waals surface area contributed by atoms with Crippen LogP contribution in [0.15, 0.2) is 57.3 Å². The number of hydrogen-bond donors (Lipinski definition) is 1. The number of amides is 2. The molecule has 3 aromatic rings. The lowest BCUT2D eigenvalue weighted by atomic mass is 10.0. The fourth-order valence-electron chi connectivity index (χ4n) is 3.72. The molecule has 2 amide bonds. The number of carbonyl (C=O) groups excluding carboxylic acids is 2. The van der Waals surface area contributed by atoms with E-state index in [0.29, 0.717) is 36.1 Å². The van der Waals surface area contributed by atoms with Crippen LogP contribution in [0.4, 0.5) is 0 Å². The molecule has 0 aliphatic carbocycles. The molecular weight excluding hydrogens is 440 g/mol. The van der Waals surface area contributed by atoms with Gasteiger partial charge >= 0.3 is 0 Å². The fraction of sp³-hybridized carbons (Fsp3) is 0.348. The van der Waals surface area contributed by atoms with Gasteiger partial charge < -0.3 is 14.7 Å². The van der Waals surface area contributed by atoms with Gasteiger partial charge in [0.2, 0.25) is 5.91 Å². The molecule has 1 aromatic carbocycles. The van der Waals surface area contributed by atoms with E-state index in [0.717, 1.165) is 11.3 Å². The SMILES string of the molecule is CCn1c(CCC(N)=O)nnc1SCC(=O)N1N=C(c2ccc(C)cc2)C[C@H]1c1ccco1. The van der Waals surface area contributed by atoms with Gasteiger partial charge in [0.25, 0.3) is 5.91 Å². The van der Waals surface area contributed by atoms with E-state index in [4.69, 9.17) is 10.2 Å². The van der Waals surface area contributed by atoms with Crippen molar-refractivity contribution in [1.29, 1.82) is 0 Å². The van der Waals surface area contributed by atoms with Crippen molar-refractivity contribution >= 4 is 29.3 Å². The number of carbonyl (C=O) groups is 2. The molecule has 1 aliphatic heterocycles. The molecule has 0 saturated heterocycles. The summed E-state index contributed by atoms with van der Waals surface area (Å²) in [6.45, 7) is 4.63. The molecule has 2 N–H and O–H groups in total. The Labute approximate surface area is 196 Å². The molecule has 9 nitrogen and oxygen atoms in total. The summed E-state index contributed by atoms with van der Waals surface area (Å²) < 4.78 is 7.51. The largest absolute Gasteiger partial charge is 0.467 e. The first-order chi connectivity index (χ1) is 16.0. The number of nitrogens with zero attached hydrogens (tertiary/aromatic N) is 5. The molecule has 10 heteroatoms. The Morgan fingerprint density at radius 3 is 2.67 bits per heavy atom. The Kier molecular flexibility index (Phi) is 6.93. The maximum atomic E-state index is 13.2. The van der Waals surface area contributed by atoms with Crippen molar-refractivity contribution in [2.75, 3.05) is 5.75 Å². The number of nitrogens with two attached hydrogens (primary N) is 1. The standard InChI is InChI=1S/C23H26N6O3S/c1-3-28-21(11-10-20(24)30)25-26-23(28)33-14-22(31)29-18(19-5-4-12-32-19)13-17(27-29)16-8-6-15(2)7-9-16/h4-9,12,18H,3,10-11,13-14H2,1-2H3,(H2,24,30)/t18-/m0/s1. The Morgan fingerprint density at radius 2 is 2.00 bits per heavy atom. The van der Waals surface area contributed by atoms with Crippen molar-refractivity contribution in [2.45, 2.75) is 50.9 Å². The topological polar surface area (TPSA) is 120 Å². The van der Waals surface area contributed by atoms with E-state index in [1.54, 1.807) is 6.26 Å². The maximum Gasteiger partial charge on any atom is 0.253 e. The molecular formula is C23H26N6O3S. The minimum Gasteiger partial charge on any atom is -0.467 e. The monoisotopic (exact) mass is 466 g/mol. The summed E-state index contributed by atoms with van der Waals surface area (Å²) in [5.41, 5.74) is 8.25. The summed E-state index contributed by atoms with van der Waals surface area (Å²) in [4.78, 5) is 24.3. The van der Waals surface area contributed by atoms with Crippen LogP contribution in [0.1, 0.15) is 48.5 Å². The van der Waals surface area contributed by atoms with Crippen molar-refractivity contribution in [1.82, 2.24) is 19.8 Å². The average molecular weight is 467 g/mol. The van der Waals surface area contributed by atoms with Gasteiger partial charge in [-0.3, -0.25) is 9.59 Å². The number of aromatic nitrogens is 3.